The molecule has 4 heteroatoms. The lowest BCUT2D eigenvalue weighted by Gasteiger charge is -2.07. The molecule has 0 unspecified atom stereocenters. The summed E-state index contributed by atoms with van der Waals surface area (Å²) in [5.74, 6) is 0. The smallest absolute Gasteiger partial charge is 0.194 e. The highest BCUT2D eigenvalue weighted by Crippen LogP contribution is 2.36. The Kier molecular flexibility index (Phi) is 2.13. The third kappa shape index (κ3) is 1.57. The molecular weight excluding hydrogens is 218 g/mol. The monoisotopic (exact) mass is 235 g/mol. The molecule has 0 aromatic carbocycles. The first-order valence-corrected chi connectivity index (χ1v) is 6.62. The predicted molar refractivity (Wildman–Crippen MR) is 67.0 cm³/mol. The summed E-state index contributed by atoms with van der Waals surface area (Å²) >= 11 is 1.77. The third-order valence-corrected chi connectivity index (χ3v) is 4.74. The number of aryl methyl sites for hydroxylation is 3. The zero-order chi connectivity index (χ0) is 11.3. The van der Waals surface area contributed by atoms with Crippen LogP contribution in [0.3, 0.4) is 0 Å². The van der Waals surface area contributed by atoms with E-state index in [1.807, 2.05) is 6.20 Å². The molecule has 1 saturated carbocycles. The first-order chi connectivity index (χ1) is 7.59. The van der Waals surface area contributed by atoms with Gasteiger partial charge in [-0.3, -0.25) is 4.40 Å². The quantitative estimate of drug-likeness (QED) is 0.888. The summed E-state index contributed by atoms with van der Waals surface area (Å²) in [4.78, 5) is 6.94. The van der Waals surface area contributed by atoms with E-state index in [4.69, 9.17) is 5.73 Å². The number of rotatable bonds is 3. The van der Waals surface area contributed by atoms with Crippen LogP contribution in [-0.4, -0.2) is 14.9 Å². The Morgan fingerprint density at radius 3 is 2.94 bits per heavy atom. The van der Waals surface area contributed by atoms with Gasteiger partial charge in [0.15, 0.2) is 4.96 Å². The van der Waals surface area contributed by atoms with Gasteiger partial charge in [-0.25, -0.2) is 4.98 Å². The van der Waals surface area contributed by atoms with Crippen molar-refractivity contribution in [2.75, 3.05) is 0 Å². The average molecular weight is 235 g/mol. The molecule has 2 aromatic rings. The molecule has 86 valence electrons. The van der Waals surface area contributed by atoms with Crippen LogP contribution in [0.15, 0.2) is 6.20 Å². The first kappa shape index (κ1) is 10.3. The maximum Gasteiger partial charge on any atom is 0.194 e. The topological polar surface area (TPSA) is 43.3 Å². The second-order valence-corrected chi connectivity index (χ2v) is 6.16. The van der Waals surface area contributed by atoms with Crippen molar-refractivity contribution < 1.29 is 0 Å². The minimum Gasteiger partial charge on any atom is -0.325 e. The zero-order valence-electron chi connectivity index (χ0n) is 9.79. The fraction of sp³-hybridized carbons (Fsp3) is 0.583. The molecule has 0 amide bonds. The number of nitrogens with two attached hydrogens (primary N) is 1. The Bertz CT molecular complexity index is 534. The van der Waals surface area contributed by atoms with E-state index in [1.165, 1.54) is 29.1 Å². The van der Waals surface area contributed by atoms with Crippen molar-refractivity contribution >= 4 is 16.3 Å². The number of aromatic nitrogens is 2. The van der Waals surface area contributed by atoms with Gasteiger partial charge in [-0.2, -0.15) is 0 Å². The third-order valence-electron chi connectivity index (χ3n) is 3.66. The van der Waals surface area contributed by atoms with Crippen LogP contribution in [0.1, 0.15) is 35.5 Å². The van der Waals surface area contributed by atoms with E-state index in [9.17, 15) is 0 Å². The van der Waals surface area contributed by atoms with Crippen LogP contribution in [0.2, 0.25) is 0 Å². The molecule has 0 saturated heterocycles. The molecule has 3 rings (SSSR count). The van der Waals surface area contributed by atoms with E-state index in [0.717, 1.165) is 17.8 Å². The van der Waals surface area contributed by atoms with Gasteiger partial charge in [0.1, 0.15) is 0 Å². The van der Waals surface area contributed by atoms with Crippen LogP contribution in [0.4, 0.5) is 0 Å². The summed E-state index contributed by atoms with van der Waals surface area (Å²) in [5.41, 5.74) is 8.91. The Morgan fingerprint density at radius 1 is 1.50 bits per heavy atom. The highest BCUT2D eigenvalue weighted by atomic mass is 32.1. The summed E-state index contributed by atoms with van der Waals surface area (Å²) in [6.07, 6.45) is 6.53. The first-order valence-electron chi connectivity index (χ1n) is 5.80. The molecule has 1 aliphatic carbocycles. The number of thiazole rings is 1. The molecule has 2 aromatic heterocycles. The molecule has 0 bridgehead atoms. The highest BCUT2D eigenvalue weighted by molar-refractivity contribution is 7.17. The molecule has 2 heterocycles. The van der Waals surface area contributed by atoms with Crippen molar-refractivity contribution in [2.45, 2.75) is 45.1 Å². The van der Waals surface area contributed by atoms with Crippen LogP contribution in [-0.2, 0) is 6.42 Å². The SMILES string of the molecule is Cc1sc2ncc(CCC3(N)CC3)n2c1C. The van der Waals surface area contributed by atoms with Gasteiger partial charge in [-0.05, 0) is 39.5 Å². The van der Waals surface area contributed by atoms with Gasteiger partial charge in [0.05, 0.1) is 6.20 Å². The van der Waals surface area contributed by atoms with Gasteiger partial charge >= 0.3 is 0 Å². The van der Waals surface area contributed by atoms with E-state index in [0.29, 0.717) is 0 Å². The van der Waals surface area contributed by atoms with Crippen molar-refractivity contribution in [2.24, 2.45) is 5.73 Å². The second kappa shape index (κ2) is 3.31. The number of fused-ring (bicyclic) bond motifs is 1. The fourth-order valence-electron chi connectivity index (χ4n) is 2.13. The number of nitrogens with zero attached hydrogens (tertiary/aromatic N) is 2. The Balaban J connectivity index is 1.91. The van der Waals surface area contributed by atoms with Crippen molar-refractivity contribution in [3.8, 4) is 0 Å². The molecule has 3 nitrogen and oxygen atoms in total. The zero-order valence-corrected chi connectivity index (χ0v) is 10.6. The average Bonchev–Trinajstić information content (AvgIpc) is 2.75. The van der Waals surface area contributed by atoms with E-state index < -0.39 is 0 Å². The standard InChI is InChI=1S/C12H17N3S/c1-8-9(2)16-11-14-7-10(15(8)11)3-4-12(13)5-6-12/h7H,3-6,13H2,1-2H3. The van der Waals surface area contributed by atoms with Gasteiger partial charge in [0, 0.05) is 21.8 Å². The van der Waals surface area contributed by atoms with Crippen LogP contribution in [0.25, 0.3) is 4.96 Å². The van der Waals surface area contributed by atoms with E-state index >= 15 is 0 Å². The summed E-state index contributed by atoms with van der Waals surface area (Å²) in [6.45, 7) is 4.32. The highest BCUT2D eigenvalue weighted by Gasteiger charge is 2.37. The summed E-state index contributed by atoms with van der Waals surface area (Å²) < 4.78 is 2.28. The molecule has 0 radical (unpaired) electrons. The summed E-state index contributed by atoms with van der Waals surface area (Å²) in [5, 5.41) is 0. The van der Waals surface area contributed by atoms with E-state index in [-0.39, 0.29) is 5.54 Å². The maximum atomic E-state index is 6.12. The Morgan fingerprint density at radius 2 is 2.25 bits per heavy atom. The number of hydrogen-bond acceptors (Lipinski definition) is 3. The van der Waals surface area contributed by atoms with Gasteiger partial charge in [0.2, 0.25) is 0 Å². The van der Waals surface area contributed by atoms with Crippen LogP contribution >= 0.6 is 11.3 Å². The van der Waals surface area contributed by atoms with E-state index in [1.54, 1.807) is 11.3 Å². The minimum absolute atomic E-state index is 0.142. The molecule has 1 fully saturated rings. The second-order valence-electron chi connectivity index (χ2n) is 4.97. The largest absolute Gasteiger partial charge is 0.325 e. The molecule has 1 aliphatic rings. The van der Waals surface area contributed by atoms with Crippen molar-refractivity contribution in [1.29, 1.82) is 0 Å². The van der Waals surface area contributed by atoms with Crippen molar-refractivity contribution in [3.05, 3.63) is 22.5 Å². The lowest BCUT2D eigenvalue weighted by molar-refractivity contribution is 0.601. The maximum absolute atomic E-state index is 6.12. The lowest BCUT2D eigenvalue weighted by Crippen LogP contribution is -2.22. The minimum atomic E-state index is 0.142. The number of imidazole rings is 1. The summed E-state index contributed by atoms with van der Waals surface area (Å²) in [7, 11) is 0. The molecule has 0 aliphatic heterocycles. The Labute approximate surface area is 99.3 Å². The number of hydrogen-bond donors (Lipinski definition) is 1. The van der Waals surface area contributed by atoms with Gasteiger partial charge in [0.25, 0.3) is 0 Å². The molecule has 2 N–H and O–H groups in total. The summed E-state index contributed by atoms with van der Waals surface area (Å²) in [6, 6.07) is 0. The molecular formula is C12H17N3S. The van der Waals surface area contributed by atoms with Gasteiger partial charge in [-0.1, -0.05) is 0 Å². The van der Waals surface area contributed by atoms with Gasteiger partial charge in [-0.15, -0.1) is 11.3 Å². The van der Waals surface area contributed by atoms with Crippen molar-refractivity contribution in [1.82, 2.24) is 9.38 Å². The van der Waals surface area contributed by atoms with Gasteiger partial charge < -0.3 is 5.73 Å². The molecule has 0 atom stereocenters. The van der Waals surface area contributed by atoms with E-state index in [2.05, 4.69) is 23.2 Å². The fourth-order valence-corrected chi connectivity index (χ4v) is 3.09. The molecule has 16 heavy (non-hydrogen) atoms. The van der Waals surface area contributed by atoms with Crippen LogP contribution < -0.4 is 5.73 Å². The lowest BCUT2D eigenvalue weighted by atomic mass is 10.1. The van der Waals surface area contributed by atoms with Crippen LogP contribution in [0, 0.1) is 13.8 Å². The predicted octanol–water partition coefficient (Wildman–Crippen LogP) is 2.44. The Hall–Kier alpha value is -0.870. The molecule has 0 spiro atoms. The van der Waals surface area contributed by atoms with Crippen LogP contribution in [0.5, 0.6) is 0 Å². The normalized spacial score (nSPS) is 18.2. The van der Waals surface area contributed by atoms with Crippen molar-refractivity contribution in [3.63, 3.8) is 0 Å².